The van der Waals surface area contributed by atoms with Gasteiger partial charge in [0.1, 0.15) is 5.69 Å². The Hall–Kier alpha value is -2.32. The minimum absolute atomic E-state index is 0.279. The van der Waals surface area contributed by atoms with Gasteiger partial charge < -0.3 is 5.32 Å². The summed E-state index contributed by atoms with van der Waals surface area (Å²) in [5.74, 6) is -0.639. The van der Waals surface area contributed by atoms with E-state index in [0.717, 1.165) is 11.4 Å². The number of amides is 1. The van der Waals surface area contributed by atoms with Crippen molar-refractivity contribution in [1.29, 1.82) is 0 Å². The number of hydrogen-bond donors (Lipinski definition) is 2. The summed E-state index contributed by atoms with van der Waals surface area (Å²) < 4.78 is 39.0. The van der Waals surface area contributed by atoms with Crippen LogP contribution in [0.1, 0.15) is 34.0 Å². The van der Waals surface area contributed by atoms with Crippen molar-refractivity contribution < 1.29 is 18.0 Å². The molecule has 0 aliphatic heterocycles. The second-order valence-electron chi connectivity index (χ2n) is 4.92. The molecule has 2 aromatic rings. The van der Waals surface area contributed by atoms with Gasteiger partial charge in [0.25, 0.3) is 5.91 Å². The molecular formula is C13H16F3N5O. The van der Waals surface area contributed by atoms with Crippen LogP contribution in [0.15, 0.2) is 12.1 Å². The molecule has 2 N–H and O–H groups in total. The molecule has 2 heterocycles. The Bertz CT molecular complexity index is 659. The summed E-state index contributed by atoms with van der Waals surface area (Å²) in [5.41, 5.74) is 0.613. The van der Waals surface area contributed by atoms with Crippen LogP contribution in [0, 0.1) is 13.8 Å². The molecule has 120 valence electrons. The van der Waals surface area contributed by atoms with Crippen LogP contribution in [0.5, 0.6) is 0 Å². The summed E-state index contributed by atoms with van der Waals surface area (Å²) in [7, 11) is 0. The number of nitrogens with zero attached hydrogens (tertiary/aromatic N) is 3. The molecule has 0 atom stereocenters. The van der Waals surface area contributed by atoms with E-state index >= 15 is 0 Å². The molecule has 0 aliphatic rings. The molecule has 0 saturated carbocycles. The van der Waals surface area contributed by atoms with Gasteiger partial charge in [-0.05, 0) is 26.3 Å². The van der Waals surface area contributed by atoms with Crippen molar-refractivity contribution in [1.82, 2.24) is 25.3 Å². The van der Waals surface area contributed by atoms with Crippen LogP contribution < -0.4 is 5.32 Å². The van der Waals surface area contributed by atoms with Gasteiger partial charge in [0.05, 0.1) is 5.69 Å². The van der Waals surface area contributed by atoms with Gasteiger partial charge in [0.2, 0.25) is 0 Å². The summed E-state index contributed by atoms with van der Waals surface area (Å²) in [6, 6.07) is 2.64. The van der Waals surface area contributed by atoms with Gasteiger partial charge in [-0.2, -0.15) is 23.4 Å². The lowest BCUT2D eigenvalue weighted by Gasteiger charge is -2.05. The van der Waals surface area contributed by atoms with E-state index in [9.17, 15) is 18.0 Å². The Morgan fingerprint density at radius 3 is 2.64 bits per heavy atom. The highest BCUT2D eigenvalue weighted by atomic mass is 19.4. The molecule has 0 fully saturated rings. The average Bonchev–Trinajstić information content (AvgIpc) is 3.01. The number of carbonyl (C=O) groups excluding carboxylic acids is 1. The summed E-state index contributed by atoms with van der Waals surface area (Å²) in [6.07, 6.45) is -3.93. The minimum Gasteiger partial charge on any atom is -0.351 e. The number of aryl methyl sites for hydroxylation is 3. The Morgan fingerprint density at radius 1 is 1.36 bits per heavy atom. The van der Waals surface area contributed by atoms with Crippen LogP contribution in [0.25, 0.3) is 0 Å². The summed E-state index contributed by atoms with van der Waals surface area (Å²) in [4.78, 5) is 11.7. The molecule has 0 radical (unpaired) electrons. The molecule has 0 saturated heterocycles. The monoisotopic (exact) mass is 315 g/mol. The highest BCUT2D eigenvalue weighted by Crippen LogP contribution is 2.27. The highest BCUT2D eigenvalue weighted by molar-refractivity contribution is 5.92. The molecule has 9 heteroatoms. The predicted octanol–water partition coefficient (Wildman–Crippen LogP) is 2.06. The van der Waals surface area contributed by atoms with Gasteiger partial charge in [-0.3, -0.25) is 14.6 Å². The third-order valence-electron chi connectivity index (χ3n) is 3.05. The number of carbonyl (C=O) groups is 1. The number of H-pyrrole nitrogens is 1. The first-order valence-corrected chi connectivity index (χ1v) is 6.69. The zero-order chi connectivity index (χ0) is 16.3. The number of hydrogen-bond acceptors (Lipinski definition) is 3. The normalized spacial score (nSPS) is 11.7. The zero-order valence-corrected chi connectivity index (χ0v) is 12.2. The third kappa shape index (κ3) is 3.86. The second-order valence-corrected chi connectivity index (χ2v) is 4.92. The van der Waals surface area contributed by atoms with E-state index in [0.29, 0.717) is 25.6 Å². The molecule has 0 spiro atoms. The van der Waals surface area contributed by atoms with Crippen LogP contribution in [-0.2, 0) is 12.7 Å². The molecule has 2 rings (SSSR count). The van der Waals surface area contributed by atoms with Crippen molar-refractivity contribution >= 4 is 5.91 Å². The van der Waals surface area contributed by atoms with Gasteiger partial charge in [0.15, 0.2) is 5.69 Å². The summed E-state index contributed by atoms with van der Waals surface area (Å²) in [6.45, 7) is 4.77. The van der Waals surface area contributed by atoms with Crippen LogP contribution in [0.2, 0.25) is 0 Å². The van der Waals surface area contributed by atoms with E-state index in [1.807, 2.05) is 24.6 Å². The van der Waals surface area contributed by atoms with Crippen molar-refractivity contribution in [3.63, 3.8) is 0 Å². The fraction of sp³-hybridized carbons (Fsp3) is 0.462. The predicted molar refractivity (Wildman–Crippen MR) is 72.2 cm³/mol. The molecule has 0 bridgehead atoms. The molecule has 6 nitrogen and oxygen atoms in total. The smallest absolute Gasteiger partial charge is 0.351 e. The van der Waals surface area contributed by atoms with Crippen LogP contribution in [0.4, 0.5) is 13.2 Å². The van der Waals surface area contributed by atoms with E-state index in [2.05, 4.69) is 15.5 Å². The number of rotatable bonds is 5. The molecule has 22 heavy (non-hydrogen) atoms. The maximum Gasteiger partial charge on any atom is 0.432 e. The quantitative estimate of drug-likeness (QED) is 0.829. The maximum atomic E-state index is 12.4. The fourth-order valence-corrected chi connectivity index (χ4v) is 2.01. The first-order chi connectivity index (χ1) is 10.3. The molecule has 0 aromatic carbocycles. The van der Waals surface area contributed by atoms with E-state index in [1.54, 1.807) is 5.10 Å². The SMILES string of the molecule is Cc1cc(C)n(CCCNC(=O)c2cc(C(F)(F)F)[nH]n2)n1. The lowest BCUT2D eigenvalue weighted by Crippen LogP contribution is -2.25. The van der Waals surface area contributed by atoms with Crippen molar-refractivity contribution in [2.24, 2.45) is 0 Å². The molecule has 0 aliphatic carbocycles. The van der Waals surface area contributed by atoms with Crippen LogP contribution in [0.3, 0.4) is 0 Å². The van der Waals surface area contributed by atoms with Gasteiger partial charge in [0, 0.05) is 24.8 Å². The maximum absolute atomic E-state index is 12.4. The van der Waals surface area contributed by atoms with Gasteiger partial charge >= 0.3 is 6.18 Å². The molecule has 2 aromatic heterocycles. The lowest BCUT2D eigenvalue weighted by molar-refractivity contribution is -0.141. The Labute approximate surface area is 124 Å². The van der Waals surface area contributed by atoms with Crippen molar-refractivity contribution in [3.05, 3.63) is 34.9 Å². The summed E-state index contributed by atoms with van der Waals surface area (Å²) >= 11 is 0. The largest absolute Gasteiger partial charge is 0.432 e. The van der Waals surface area contributed by atoms with Gasteiger partial charge in [-0.15, -0.1) is 0 Å². The number of alkyl halides is 3. The standard InChI is InChI=1S/C13H16F3N5O/c1-8-6-9(2)21(20-8)5-3-4-17-12(22)10-7-11(19-18-10)13(14,15)16/h6-7H,3-5H2,1-2H3,(H,17,22)(H,18,19). The fourth-order valence-electron chi connectivity index (χ4n) is 2.01. The van der Waals surface area contributed by atoms with E-state index in [4.69, 9.17) is 0 Å². The Kier molecular flexibility index (Phi) is 4.53. The van der Waals surface area contributed by atoms with E-state index in [1.165, 1.54) is 0 Å². The van der Waals surface area contributed by atoms with Gasteiger partial charge in [-0.25, -0.2) is 0 Å². The van der Waals surface area contributed by atoms with E-state index in [-0.39, 0.29) is 5.69 Å². The Balaban J connectivity index is 1.81. The van der Waals surface area contributed by atoms with Crippen molar-refractivity contribution in [2.45, 2.75) is 33.0 Å². The number of halogens is 3. The number of aromatic amines is 1. The van der Waals surface area contributed by atoms with Crippen LogP contribution in [-0.4, -0.2) is 32.4 Å². The lowest BCUT2D eigenvalue weighted by atomic mass is 10.3. The van der Waals surface area contributed by atoms with Crippen LogP contribution >= 0.6 is 0 Å². The zero-order valence-electron chi connectivity index (χ0n) is 12.2. The van der Waals surface area contributed by atoms with Crippen molar-refractivity contribution in [2.75, 3.05) is 6.54 Å². The first kappa shape index (κ1) is 16.1. The number of nitrogens with one attached hydrogen (secondary N) is 2. The molecular weight excluding hydrogens is 299 g/mol. The van der Waals surface area contributed by atoms with E-state index < -0.39 is 17.8 Å². The van der Waals surface area contributed by atoms with Gasteiger partial charge in [-0.1, -0.05) is 0 Å². The highest BCUT2D eigenvalue weighted by Gasteiger charge is 2.33. The topological polar surface area (TPSA) is 75.6 Å². The third-order valence-corrected chi connectivity index (χ3v) is 3.05. The average molecular weight is 315 g/mol. The van der Waals surface area contributed by atoms with Crippen molar-refractivity contribution in [3.8, 4) is 0 Å². The second kappa shape index (κ2) is 6.20. The first-order valence-electron chi connectivity index (χ1n) is 6.69. The summed E-state index contributed by atoms with van der Waals surface area (Å²) in [5, 5.41) is 12.0. The molecule has 0 unspecified atom stereocenters. The number of aromatic nitrogens is 4. The minimum atomic E-state index is -4.54. The Morgan fingerprint density at radius 2 is 2.09 bits per heavy atom. The molecule has 1 amide bonds.